The van der Waals surface area contributed by atoms with Crippen LogP contribution >= 0.6 is 0 Å². The Morgan fingerprint density at radius 1 is 1.00 bits per heavy atom. The van der Waals surface area contributed by atoms with Crippen LogP contribution in [0.15, 0.2) is 53.8 Å². The molecule has 2 aliphatic rings. The lowest BCUT2D eigenvalue weighted by atomic mass is 10.0. The summed E-state index contributed by atoms with van der Waals surface area (Å²) in [6.45, 7) is 6.68. The third-order valence-electron chi connectivity index (χ3n) is 7.03. The second-order valence-corrected chi connectivity index (χ2v) is 11.4. The van der Waals surface area contributed by atoms with Gasteiger partial charge in [-0.2, -0.15) is 0 Å². The summed E-state index contributed by atoms with van der Waals surface area (Å²) in [7, 11) is -0.607. The number of aromatic nitrogens is 2. The molecule has 208 valence electrons. The van der Waals surface area contributed by atoms with Crippen LogP contribution in [0.3, 0.4) is 0 Å². The van der Waals surface area contributed by atoms with Crippen molar-refractivity contribution in [2.75, 3.05) is 76.3 Å². The van der Waals surface area contributed by atoms with Crippen LogP contribution in [0.25, 0.3) is 11.1 Å². The number of halogens is 1. The third-order valence-corrected chi connectivity index (χ3v) is 8.41. The van der Waals surface area contributed by atoms with E-state index in [0.717, 1.165) is 26.2 Å². The van der Waals surface area contributed by atoms with Crippen LogP contribution in [0, 0.1) is 5.82 Å². The van der Waals surface area contributed by atoms with Crippen LogP contribution < -0.4 is 14.4 Å². The summed E-state index contributed by atoms with van der Waals surface area (Å²) in [6, 6.07) is 8.27. The normalized spacial score (nSPS) is 17.3. The summed E-state index contributed by atoms with van der Waals surface area (Å²) >= 11 is 0. The molecule has 0 aliphatic carbocycles. The van der Waals surface area contributed by atoms with Crippen LogP contribution in [-0.2, 0) is 21.3 Å². The number of nitrogens with one attached hydrogen (secondary N) is 1. The molecule has 1 aromatic carbocycles. The molecular weight excluding hydrogens is 523 g/mol. The summed E-state index contributed by atoms with van der Waals surface area (Å²) in [4.78, 5) is 14.8. The molecule has 0 saturated carbocycles. The number of methoxy groups -OCH3 is 1. The number of likely N-dealkylation sites (N-methyl/N-ethyl adjacent to an activating group) is 1. The highest BCUT2D eigenvalue weighted by atomic mass is 32.2. The van der Waals surface area contributed by atoms with Crippen LogP contribution in [-0.4, -0.2) is 94.8 Å². The monoisotopic (exact) mass is 556 g/mol. The molecule has 10 nitrogen and oxygen atoms in total. The summed E-state index contributed by atoms with van der Waals surface area (Å²) in [6.07, 6.45) is 4.58. The minimum Gasteiger partial charge on any atom is -0.480 e. The van der Waals surface area contributed by atoms with E-state index in [0.29, 0.717) is 55.2 Å². The lowest BCUT2D eigenvalue weighted by Crippen LogP contribution is -2.44. The molecule has 12 heteroatoms. The number of morpholine rings is 1. The largest absolute Gasteiger partial charge is 0.480 e. The van der Waals surface area contributed by atoms with E-state index in [9.17, 15) is 8.42 Å². The van der Waals surface area contributed by atoms with E-state index in [-0.39, 0.29) is 22.3 Å². The van der Waals surface area contributed by atoms with Crippen molar-refractivity contribution < 1.29 is 22.3 Å². The van der Waals surface area contributed by atoms with Gasteiger partial charge in [0.05, 0.1) is 44.1 Å². The fourth-order valence-corrected chi connectivity index (χ4v) is 5.90. The molecule has 0 spiro atoms. The SMILES string of the molecule is COc1ncc(N2CCOCC2)cc1S(=O)(=O)Nc1cncc(-c2ccc(CN3CCN(C)CC3)c(F)c2)c1. The van der Waals surface area contributed by atoms with Gasteiger partial charge in [-0.3, -0.25) is 14.6 Å². The predicted molar refractivity (Wildman–Crippen MR) is 147 cm³/mol. The van der Waals surface area contributed by atoms with Gasteiger partial charge in [-0.05, 0) is 30.8 Å². The molecule has 4 heterocycles. The molecule has 0 bridgehead atoms. The first-order valence-corrected chi connectivity index (χ1v) is 14.3. The van der Waals surface area contributed by atoms with Crippen LogP contribution in [0.5, 0.6) is 5.88 Å². The number of nitrogens with zero attached hydrogens (tertiary/aromatic N) is 5. The van der Waals surface area contributed by atoms with Crippen LogP contribution in [0.1, 0.15) is 5.56 Å². The maximum Gasteiger partial charge on any atom is 0.267 e. The highest BCUT2D eigenvalue weighted by Gasteiger charge is 2.24. The smallest absolute Gasteiger partial charge is 0.267 e. The number of pyridine rings is 2. The molecule has 2 aromatic heterocycles. The lowest BCUT2D eigenvalue weighted by molar-refractivity contribution is 0.122. The Balaban J connectivity index is 1.34. The Kier molecular flexibility index (Phi) is 8.26. The van der Waals surface area contributed by atoms with Crippen molar-refractivity contribution in [2.24, 2.45) is 0 Å². The van der Waals surface area contributed by atoms with Gasteiger partial charge >= 0.3 is 0 Å². The fraction of sp³-hybridized carbons (Fsp3) is 0.407. The number of hydrogen-bond acceptors (Lipinski definition) is 9. The van der Waals surface area contributed by atoms with Crippen LogP contribution in [0.4, 0.5) is 15.8 Å². The molecule has 39 heavy (non-hydrogen) atoms. The molecule has 0 amide bonds. The number of piperazine rings is 1. The Morgan fingerprint density at radius 2 is 1.77 bits per heavy atom. The Morgan fingerprint density at radius 3 is 2.49 bits per heavy atom. The van der Waals surface area contributed by atoms with Crippen molar-refractivity contribution in [1.29, 1.82) is 0 Å². The van der Waals surface area contributed by atoms with E-state index in [2.05, 4.69) is 31.5 Å². The van der Waals surface area contributed by atoms with Gasteiger partial charge in [0, 0.05) is 63.1 Å². The van der Waals surface area contributed by atoms with Gasteiger partial charge in [-0.1, -0.05) is 12.1 Å². The number of anilines is 2. The molecular formula is C27H33FN6O4S. The zero-order chi connectivity index (χ0) is 27.4. The predicted octanol–water partition coefficient (Wildman–Crippen LogP) is 2.68. The number of hydrogen-bond donors (Lipinski definition) is 1. The van der Waals surface area contributed by atoms with Crippen molar-refractivity contribution >= 4 is 21.4 Å². The second kappa shape index (κ2) is 11.8. The first kappa shape index (κ1) is 27.3. The zero-order valence-electron chi connectivity index (χ0n) is 22.1. The number of sulfonamides is 1. The summed E-state index contributed by atoms with van der Waals surface area (Å²) in [5.74, 6) is -0.310. The Labute approximate surface area is 228 Å². The second-order valence-electron chi connectivity index (χ2n) is 9.75. The minimum atomic E-state index is -4.07. The standard InChI is InChI=1S/C27H33FN6O4S/c1-32-5-7-33(8-6-32)19-21-4-3-20(14-25(21)28)22-13-23(17-29-16-22)31-39(35,36)26-15-24(18-30-27(26)37-2)34-9-11-38-12-10-34/h3-4,13-18,31H,5-12,19H2,1-2H3. The molecule has 2 saturated heterocycles. The number of ether oxygens (including phenoxy) is 2. The third kappa shape index (κ3) is 6.47. The quantitative estimate of drug-likeness (QED) is 0.449. The highest BCUT2D eigenvalue weighted by Crippen LogP contribution is 2.30. The maximum atomic E-state index is 15.0. The average Bonchev–Trinajstić information content (AvgIpc) is 2.95. The van der Waals surface area contributed by atoms with Gasteiger partial charge in [0.15, 0.2) is 4.90 Å². The van der Waals surface area contributed by atoms with E-state index in [1.165, 1.54) is 19.4 Å². The highest BCUT2D eigenvalue weighted by molar-refractivity contribution is 7.92. The zero-order valence-corrected chi connectivity index (χ0v) is 23.0. The van der Waals surface area contributed by atoms with Gasteiger partial charge in [0.1, 0.15) is 5.82 Å². The Bertz CT molecular complexity index is 1410. The van der Waals surface area contributed by atoms with Crippen molar-refractivity contribution in [3.05, 3.63) is 60.3 Å². The topological polar surface area (TPSA) is 100 Å². The van der Waals surface area contributed by atoms with Crippen molar-refractivity contribution in [1.82, 2.24) is 19.8 Å². The van der Waals surface area contributed by atoms with Crippen LogP contribution in [0.2, 0.25) is 0 Å². The Hall–Kier alpha value is -3.32. The molecule has 2 aliphatic heterocycles. The van der Waals surface area contributed by atoms with E-state index >= 15 is 4.39 Å². The number of benzene rings is 1. The van der Waals surface area contributed by atoms with Crippen molar-refractivity contribution in [3.8, 4) is 17.0 Å². The first-order valence-electron chi connectivity index (χ1n) is 12.9. The molecule has 5 rings (SSSR count). The van der Waals surface area contributed by atoms with E-state index in [4.69, 9.17) is 9.47 Å². The fourth-order valence-electron chi connectivity index (χ4n) is 4.73. The molecule has 0 atom stereocenters. The summed E-state index contributed by atoms with van der Waals surface area (Å²) in [5, 5.41) is 0. The van der Waals surface area contributed by atoms with Gasteiger partial charge in [0.2, 0.25) is 5.88 Å². The molecule has 0 radical (unpaired) electrons. The van der Waals surface area contributed by atoms with Crippen molar-refractivity contribution in [3.63, 3.8) is 0 Å². The van der Waals surface area contributed by atoms with Crippen molar-refractivity contribution in [2.45, 2.75) is 11.4 Å². The molecule has 1 N–H and O–H groups in total. The minimum absolute atomic E-state index is 0.0124. The molecule has 0 unspecified atom stereocenters. The maximum absolute atomic E-state index is 15.0. The van der Waals surface area contributed by atoms with E-state index in [1.807, 2.05) is 11.0 Å². The van der Waals surface area contributed by atoms with Gasteiger partial charge in [0.25, 0.3) is 10.0 Å². The number of rotatable bonds is 8. The molecule has 3 aromatic rings. The van der Waals surface area contributed by atoms with E-state index < -0.39 is 10.0 Å². The van der Waals surface area contributed by atoms with E-state index in [1.54, 1.807) is 30.6 Å². The molecule has 2 fully saturated rings. The summed E-state index contributed by atoms with van der Waals surface area (Å²) in [5.41, 5.74) is 2.74. The average molecular weight is 557 g/mol. The summed E-state index contributed by atoms with van der Waals surface area (Å²) < 4.78 is 55.1. The lowest BCUT2D eigenvalue weighted by Gasteiger charge is -2.32. The first-order chi connectivity index (χ1) is 18.8. The van der Waals surface area contributed by atoms with Gasteiger partial charge < -0.3 is 19.3 Å². The van der Waals surface area contributed by atoms with Gasteiger partial charge in [-0.25, -0.2) is 17.8 Å². The van der Waals surface area contributed by atoms with Gasteiger partial charge in [-0.15, -0.1) is 0 Å².